The number of hydrogen-bond acceptors (Lipinski definition) is 6. The van der Waals surface area contributed by atoms with E-state index in [1.807, 2.05) is 41.5 Å². The number of ether oxygens (including phenoxy) is 4. The summed E-state index contributed by atoms with van der Waals surface area (Å²) in [5, 5.41) is 0. The number of epoxide rings is 4. The largest absolute Gasteiger partial charge is 0.366 e. The molecule has 5 fully saturated rings. The summed E-state index contributed by atoms with van der Waals surface area (Å²) in [5.41, 5.74) is -0.437. The minimum Gasteiger partial charge on any atom is -0.366 e. The lowest BCUT2D eigenvalue weighted by atomic mass is 9.84. The maximum atomic E-state index is 12.7. The lowest BCUT2D eigenvalue weighted by Crippen LogP contribution is -2.50. The van der Waals surface area contributed by atoms with Gasteiger partial charge in [-0.1, -0.05) is 20.3 Å². The summed E-state index contributed by atoms with van der Waals surface area (Å²) in [6.45, 7) is 25.3. The fraction of sp³-hybridized carbons (Fsp3) is 0.933. The third-order valence-electron chi connectivity index (χ3n) is 11.5. The highest BCUT2D eigenvalue weighted by Crippen LogP contribution is 2.47. The summed E-state index contributed by atoms with van der Waals surface area (Å²) in [6.07, 6.45) is 4.94. The van der Waals surface area contributed by atoms with Crippen LogP contribution in [0.2, 0.25) is 0 Å². The molecule has 38 heavy (non-hydrogen) atoms. The zero-order chi connectivity index (χ0) is 28.6. The van der Waals surface area contributed by atoms with Crippen LogP contribution in [0.4, 0.5) is 4.79 Å². The van der Waals surface area contributed by atoms with Crippen LogP contribution in [-0.2, 0) is 23.7 Å². The molecule has 8 nitrogen and oxygen atoms in total. The number of imide groups is 1. The fourth-order valence-electron chi connectivity index (χ4n) is 6.39. The van der Waals surface area contributed by atoms with E-state index in [2.05, 4.69) is 41.5 Å². The van der Waals surface area contributed by atoms with Gasteiger partial charge in [-0.3, -0.25) is 9.69 Å². The van der Waals surface area contributed by atoms with Crippen molar-refractivity contribution in [1.29, 1.82) is 0 Å². The van der Waals surface area contributed by atoms with Crippen molar-refractivity contribution < 1.29 is 28.5 Å². The van der Waals surface area contributed by atoms with Gasteiger partial charge in [-0.2, -0.15) is 0 Å². The molecule has 12 atom stereocenters. The van der Waals surface area contributed by atoms with Crippen molar-refractivity contribution in [3.63, 3.8) is 0 Å². The summed E-state index contributed by atoms with van der Waals surface area (Å²) >= 11 is 0. The quantitative estimate of drug-likeness (QED) is 0.283. The van der Waals surface area contributed by atoms with Gasteiger partial charge in [0.25, 0.3) is 5.91 Å². The van der Waals surface area contributed by atoms with E-state index < -0.39 is 5.60 Å². The van der Waals surface area contributed by atoms with Gasteiger partial charge in [0.1, 0.15) is 17.7 Å². The third kappa shape index (κ3) is 5.04. The second-order valence-electron chi connectivity index (χ2n) is 13.5. The number of urea groups is 1. The van der Waals surface area contributed by atoms with E-state index in [0.717, 1.165) is 0 Å². The van der Waals surface area contributed by atoms with Crippen molar-refractivity contribution in [2.24, 2.45) is 11.8 Å². The predicted molar refractivity (Wildman–Crippen MR) is 146 cm³/mol. The zero-order valence-corrected chi connectivity index (χ0v) is 25.8. The first-order chi connectivity index (χ1) is 17.4. The molecule has 5 rings (SSSR count). The average Bonchev–Trinajstić information content (AvgIpc) is 3.80. The molecule has 0 aromatic heterocycles. The molecule has 5 saturated heterocycles. The third-order valence-corrected chi connectivity index (χ3v) is 11.5. The molecule has 0 radical (unpaired) electrons. The molecule has 5 aliphatic rings. The van der Waals surface area contributed by atoms with Crippen LogP contribution >= 0.6 is 0 Å². The molecule has 0 aromatic carbocycles. The van der Waals surface area contributed by atoms with Gasteiger partial charge in [0, 0.05) is 0 Å². The van der Waals surface area contributed by atoms with Crippen LogP contribution in [0.25, 0.3) is 0 Å². The Balaban J connectivity index is 0.000000181. The van der Waals surface area contributed by atoms with E-state index in [1.54, 1.807) is 4.90 Å². The van der Waals surface area contributed by atoms with Crippen LogP contribution in [0.15, 0.2) is 0 Å². The van der Waals surface area contributed by atoms with E-state index in [0.29, 0.717) is 24.0 Å². The Kier molecular flexibility index (Phi) is 7.60. The second-order valence-corrected chi connectivity index (χ2v) is 13.5. The van der Waals surface area contributed by atoms with Gasteiger partial charge in [-0.25, -0.2) is 4.79 Å². The van der Waals surface area contributed by atoms with Gasteiger partial charge >= 0.3 is 6.03 Å². The maximum Gasteiger partial charge on any atom is 0.327 e. The zero-order valence-electron chi connectivity index (χ0n) is 25.8. The van der Waals surface area contributed by atoms with Crippen LogP contribution in [-0.4, -0.2) is 87.2 Å². The highest BCUT2D eigenvalue weighted by atomic mass is 16.6. The van der Waals surface area contributed by atoms with Crippen molar-refractivity contribution in [3.05, 3.63) is 0 Å². The maximum absolute atomic E-state index is 12.7. The van der Waals surface area contributed by atoms with Crippen LogP contribution in [0.1, 0.15) is 102 Å². The van der Waals surface area contributed by atoms with Crippen LogP contribution in [0, 0.1) is 11.8 Å². The molecule has 3 amide bonds. The van der Waals surface area contributed by atoms with Gasteiger partial charge in [-0.05, 0) is 93.9 Å². The summed E-state index contributed by atoms with van der Waals surface area (Å²) in [4.78, 5) is 28.0. The molecule has 0 N–H and O–H groups in total. The molecule has 0 aliphatic carbocycles. The molecule has 0 bridgehead atoms. The van der Waals surface area contributed by atoms with Crippen molar-refractivity contribution in [2.45, 2.75) is 161 Å². The summed E-state index contributed by atoms with van der Waals surface area (Å²) in [5.74, 6) is 1.20. The van der Waals surface area contributed by atoms with E-state index in [-0.39, 0.29) is 59.6 Å². The van der Waals surface area contributed by atoms with E-state index >= 15 is 0 Å². The average molecular weight is 537 g/mol. The standard InChI is InChI=1S/C15H24N2O4.C15H28O2/c1-8(14(5)10(3)20-14)16-7-12(18)17(13(16)19)9(2)15(6)11(4)21-15;1-10(14(5)12(3)16-14)8-7-9-11(2)15(6)13(4)17-15/h8-11H,7H2,1-6H3;10-13H,7-9H2,1-6H3. The van der Waals surface area contributed by atoms with Crippen molar-refractivity contribution in [1.82, 2.24) is 9.80 Å². The van der Waals surface area contributed by atoms with Gasteiger partial charge in [0.2, 0.25) is 0 Å². The second kappa shape index (κ2) is 9.71. The van der Waals surface area contributed by atoms with Crippen LogP contribution < -0.4 is 0 Å². The van der Waals surface area contributed by atoms with Crippen LogP contribution in [0.5, 0.6) is 0 Å². The van der Waals surface area contributed by atoms with Gasteiger partial charge in [-0.15, -0.1) is 0 Å². The number of rotatable bonds is 10. The minimum absolute atomic E-state index is 0.0730. The minimum atomic E-state index is -0.419. The number of hydrogen-bond donors (Lipinski definition) is 0. The summed E-state index contributed by atoms with van der Waals surface area (Å²) in [7, 11) is 0. The fourth-order valence-corrected chi connectivity index (χ4v) is 6.39. The van der Waals surface area contributed by atoms with Gasteiger partial charge in [0.15, 0.2) is 0 Å². The number of amides is 3. The molecule has 0 spiro atoms. The highest BCUT2D eigenvalue weighted by Gasteiger charge is 2.61. The molecule has 5 heterocycles. The van der Waals surface area contributed by atoms with E-state index in [4.69, 9.17) is 18.9 Å². The first kappa shape index (κ1) is 29.8. The molecule has 8 heteroatoms. The monoisotopic (exact) mass is 536 g/mol. The van der Waals surface area contributed by atoms with Crippen molar-refractivity contribution >= 4 is 11.9 Å². The van der Waals surface area contributed by atoms with Gasteiger partial charge in [0.05, 0.1) is 47.7 Å². The summed E-state index contributed by atoms with van der Waals surface area (Å²) < 4.78 is 22.6. The van der Waals surface area contributed by atoms with Crippen molar-refractivity contribution in [2.75, 3.05) is 6.54 Å². The summed E-state index contributed by atoms with van der Waals surface area (Å²) in [6, 6.07) is -0.602. The molecule has 218 valence electrons. The predicted octanol–water partition coefficient (Wildman–Crippen LogP) is 5.17. The molecular formula is C30H52N2O6. The topological polar surface area (TPSA) is 90.7 Å². The first-order valence-corrected chi connectivity index (χ1v) is 14.8. The lowest BCUT2D eigenvalue weighted by Gasteiger charge is -2.30. The molecule has 0 saturated carbocycles. The number of carbonyl (C=O) groups is 2. The lowest BCUT2D eigenvalue weighted by molar-refractivity contribution is -0.127. The van der Waals surface area contributed by atoms with Crippen molar-refractivity contribution in [3.8, 4) is 0 Å². The Morgan fingerprint density at radius 3 is 1.37 bits per heavy atom. The molecule has 12 unspecified atom stereocenters. The Hall–Kier alpha value is -1.22. The Morgan fingerprint density at radius 1 is 0.684 bits per heavy atom. The Labute approximate surface area is 230 Å². The Morgan fingerprint density at radius 2 is 1.03 bits per heavy atom. The Bertz CT molecular complexity index is 918. The molecule has 0 aromatic rings. The number of carbonyl (C=O) groups excluding carboxylic acids is 2. The first-order valence-electron chi connectivity index (χ1n) is 14.8. The van der Waals surface area contributed by atoms with E-state index in [1.165, 1.54) is 24.2 Å². The number of nitrogens with zero attached hydrogens (tertiary/aromatic N) is 2. The van der Waals surface area contributed by atoms with Gasteiger partial charge < -0.3 is 23.8 Å². The van der Waals surface area contributed by atoms with Crippen LogP contribution in [0.3, 0.4) is 0 Å². The SMILES string of the molecule is CC(CCCC(C)C1(C)OC1C)C1(C)OC1C.CC1OC1(C)C(C)N1CC(=O)N(C(C)C2(C)OC2C)C1=O. The highest BCUT2D eigenvalue weighted by molar-refractivity contribution is 6.02. The normalized spacial score (nSPS) is 46.2. The van der Waals surface area contributed by atoms with E-state index in [9.17, 15) is 9.59 Å². The molecule has 5 aliphatic heterocycles. The molecular weight excluding hydrogens is 484 g/mol. The smallest absolute Gasteiger partial charge is 0.327 e.